The number of amides is 1. The number of alkyl halides is 5. The van der Waals surface area contributed by atoms with Crippen LogP contribution in [-0.4, -0.2) is 29.9 Å². The van der Waals surface area contributed by atoms with Gasteiger partial charge in [0.1, 0.15) is 5.82 Å². The first-order chi connectivity index (χ1) is 17.5. The number of para-hydroxylation sites is 1. The SMILES string of the molecule is Cc1c(C(=O)Nc2ccccc2)c(N2CCCC(F)(F)CC2)nc(C(F)(F)F)c1-c1ccc(C#N)cc1. The molecule has 1 fully saturated rings. The largest absolute Gasteiger partial charge is 0.434 e. The molecule has 0 radical (unpaired) electrons. The van der Waals surface area contributed by atoms with Gasteiger partial charge in [-0.1, -0.05) is 30.3 Å². The number of carbonyl (C=O) groups excluding carboxylic acids is 1. The maximum atomic E-state index is 14.3. The highest BCUT2D eigenvalue weighted by molar-refractivity contribution is 6.10. The number of benzene rings is 2. The molecule has 1 N–H and O–H groups in total. The number of rotatable bonds is 4. The van der Waals surface area contributed by atoms with Crippen molar-refractivity contribution >= 4 is 17.4 Å². The number of pyridine rings is 1. The van der Waals surface area contributed by atoms with E-state index in [1.165, 1.54) is 36.1 Å². The van der Waals surface area contributed by atoms with Crippen molar-refractivity contribution in [2.24, 2.45) is 0 Å². The number of nitrogens with zero attached hydrogens (tertiary/aromatic N) is 3. The van der Waals surface area contributed by atoms with Gasteiger partial charge in [-0.2, -0.15) is 18.4 Å². The third-order valence-corrected chi connectivity index (χ3v) is 6.28. The van der Waals surface area contributed by atoms with Gasteiger partial charge in [0, 0.05) is 37.2 Å². The molecule has 192 valence electrons. The summed E-state index contributed by atoms with van der Waals surface area (Å²) >= 11 is 0. The van der Waals surface area contributed by atoms with E-state index in [0.717, 1.165) is 0 Å². The van der Waals surface area contributed by atoms with Crippen LogP contribution in [0.25, 0.3) is 11.1 Å². The number of carbonyl (C=O) groups is 1. The van der Waals surface area contributed by atoms with Gasteiger partial charge in [-0.15, -0.1) is 0 Å². The van der Waals surface area contributed by atoms with Crippen molar-refractivity contribution in [3.8, 4) is 17.2 Å². The van der Waals surface area contributed by atoms with Gasteiger partial charge in [0.25, 0.3) is 5.91 Å². The van der Waals surface area contributed by atoms with Gasteiger partial charge in [-0.3, -0.25) is 4.79 Å². The van der Waals surface area contributed by atoms with Crippen LogP contribution in [0.3, 0.4) is 0 Å². The van der Waals surface area contributed by atoms with Crippen LogP contribution >= 0.6 is 0 Å². The molecule has 1 aromatic heterocycles. The van der Waals surface area contributed by atoms with Crippen molar-refractivity contribution in [3.63, 3.8) is 0 Å². The number of hydrogen-bond acceptors (Lipinski definition) is 4. The molecule has 0 unspecified atom stereocenters. The monoisotopic (exact) mass is 514 g/mol. The highest BCUT2D eigenvalue weighted by Gasteiger charge is 2.40. The van der Waals surface area contributed by atoms with Gasteiger partial charge in [-0.05, 0) is 48.7 Å². The lowest BCUT2D eigenvalue weighted by atomic mass is 9.93. The van der Waals surface area contributed by atoms with E-state index in [1.807, 2.05) is 6.07 Å². The molecule has 10 heteroatoms. The minimum absolute atomic E-state index is 0.00599. The molecular weight excluding hydrogens is 491 g/mol. The molecule has 0 bridgehead atoms. The lowest BCUT2D eigenvalue weighted by Crippen LogP contribution is -2.31. The van der Waals surface area contributed by atoms with Gasteiger partial charge >= 0.3 is 6.18 Å². The first kappa shape index (κ1) is 26.1. The average molecular weight is 514 g/mol. The standard InChI is InChI=1S/C27H23F5N4O/c1-17-21(19-10-8-18(16-33)9-11-19)23(27(30,31)32)35-24(36-14-5-12-26(28,29)13-15-36)22(17)25(37)34-20-6-3-2-4-7-20/h2-4,6-11H,5,12-15H2,1H3,(H,34,37). The summed E-state index contributed by atoms with van der Waals surface area (Å²) in [6, 6.07) is 15.8. The number of hydrogen-bond donors (Lipinski definition) is 1. The van der Waals surface area contributed by atoms with Crippen molar-refractivity contribution in [3.05, 3.63) is 77.0 Å². The molecule has 0 saturated carbocycles. The summed E-state index contributed by atoms with van der Waals surface area (Å²) in [6.45, 7) is 1.17. The number of anilines is 2. The Hall–Kier alpha value is -4.00. The Kier molecular flexibility index (Phi) is 7.16. The van der Waals surface area contributed by atoms with Crippen LogP contribution in [0.5, 0.6) is 0 Å². The summed E-state index contributed by atoms with van der Waals surface area (Å²) in [7, 11) is 0. The van der Waals surface area contributed by atoms with E-state index in [9.17, 15) is 26.7 Å². The molecule has 0 spiro atoms. The number of nitrogens with one attached hydrogen (secondary N) is 1. The summed E-state index contributed by atoms with van der Waals surface area (Å²) in [5.41, 5.74) is -0.852. The topological polar surface area (TPSA) is 69.0 Å². The molecule has 3 aromatic rings. The van der Waals surface area contributed by atoms with Crippen LogP contribution in [0.15, 0.2) is 54.6 Å². The van der Waals surface area contributed by atoms with Crippen LogP contribution in [0.2, 0.25) is 0 Å². The second-order valence-corrected chi connectivity index (χ2v) is 8.86. The van der Waals surface area contributed by atoms with Crippen LogP contribution in [0, 0.1) is 18.3 Å². The van der Waals surface area contributed by atoms with Crippen LogP contribution in [-0.2, 0) is 6.18 Å². The van der Waals surface area contributed by atoms with Gasteiger partial charge in [-0.25, -0.2) is 13.8 Å². The molecule has 37 heavy (non-hydrogen) atoms. The second kappa shape index (κ2) is 10.2. The zero-order chi connectivity index (χ0) is 26.8. The molecule has 4 rings (SSSR count). The van der Waals surface area contributed by atoms with Crippen molar-refractivity contribution in [2.45, 2.75) is 38.3 Å². The van der Waals surface area contributed by atoms with Gasteiger partial charge in [0.05, 0.1) is 17.2 Å². The van der Waals surface area contributed by atoms with Gasteiger partial charge in [0.15, 0.2) is 5.69 Å². The lowest BCUT2D eigenvalue weighted by Gasteiger charge is -2.28. The number of halogens is 5. The lowest BCUT2D eigenvalue weighted by molar-refractivity contribution is -0.140. The van der Waals surface area contributed by atoms with E-state index in [1.54, 1.807) is 30.3 Å². The molecular formula is C27H23F5N4O. The Bertz CT molecular complexity index is 1330. The Morgan fingerprint density at radius 2 is 1.73 bits per heavy atom. The van der Waals surface area contributed by atoms with E-state index < -0.39 is 36.5 Å². The predicted molar refractivity (Wildman–Crippen MR) is 130 cm³/mol. The Morgan fingerprint density at radius 1 is 1.05 bits per heavy atom. The predicted octanol–water partition coefficient (Wildman–Crippen LogP) is 6.83. The van der Waals surface area contributed by atoms with Crippen LogP contribution in [0.1, 0.15) is 46.4 Å². The fourth-order valence-electron chi connectivity index (χ4n) is 4.45. The van der Waals surface area contributed by atoms with E-state index in [0.29, 0.717) is 5.69 Å². The minimum atomic E-state index is -4.90. The quantitative estimate of drug-likeness (QED) is 0.388. The second-order valence-electron chi connectivity index (χ2n) is 8.86. The first-order valence-electron chi connectivity index (χ1n) is 11.6. The summed E-state index contributed by atoms with van der Waals surface area (Å²) in [4.78, 5) is 18.8. The average Bonchev–Trinajstić information content (AvgIpc) is 3.03. The Morgan fingerprint density at radius 3 is 2.35 bits per heavy atom. The van der Waals surface area contributed by atoms with Gasteiger partial charge in [0.2, 0.25) is 5.92 Å². The highest BCUT2D eigenvalue weighted by Crippen LogP contribution is 2.42. The molecule has 1 aliphatic rings. The molecule has 5 nitrogen and oxygen atoms in total. The van der Waals surface area contributed by atoms with Crippen LogP contribution in [0.4, 0.5) is 33.5 Å². The summed E-state index contributed by atoms with van der Waals surface area (Å²) in [5.74, 6) is -3.94. The van der Waals surface area contributed by atoms with Crippen molar-refractivity contribution in [1.29, 1.82) is 5.26 Å². The normalized spacial score (nSPS) is 15.5. The fourth-order valence-corrected chi connectivity index (χ4v) is 4.45. The highest BCUT2D eigenvalue weighted by atomic mass is 19.4. The third kappa shape index (κ3) is 5.71. The van der Waals surface area contributed by atoms with Gasteiger partial charge < -0.3 is 10.2 Å². The smallest absolute Gasteiger partial charge is 0.356 e. The molecule has 1 amide bonds. The summed E-state index contributed by atoms with van der Waals surface area (Å²) in [5, 5.41) is 11.8. The first-order valence-corrected chi connectivity index (χ1v) is 11.6. The van der Waals surface area contributed by atoms with Crippen molar-refractivity contribution in [2.75, 3.05) is 23.3 Å². The maximum Gasteiger partial charge on any atom is 0.434 e. The Balaban J connectivity index is 1.94. The summed E-state index contributed by atoms with van der Waals surface area (Å²) in [6.07, 6.45) is -5.82. The third-order valence-electron chi connectivity index (χ3n) is 6.28. The molecule has 1 saturated heterocycles. The van der Waals surface area contributed by atoms with E-state index in [-0.39, 0.29) is 53.1 Å². The minimum Gasteiger partial charge on any atom is -0.356 e. The number of nitriles is 1. The van der Waals surface area contributed by atoms with E-state index in [2.05, 4.69) is 10.3 Å². The zero-order valence-electron chi connectivity index (χ0n) is 19.9. The fraction of sp³-hybridized carbons (Fsp3) is 0.296. The molecule has 0 atom stereocenters. The Labute approximate surface area is 210 Å². The van der Waals surface area contributed by atoms with Crippen LogP contribution < -0.4 is 10.2 Å². The maximum absolute atomic E-state index is 14.3. The zero-order valence-corrected chi connectivity index (χ0v) is 19.9. The van der Waals surface area contributed by atoms with E-state index >= 15 is 0 Å². The molecule has 2 heterocycles. The van der Waals surface area contributed by atoms with Crippen molar-refractivity contribution < 1.29 is 26.7 Å². The van der Waals surface area contributed by atoms with E-state index in [4.69, 9.17) is 5.26 Å². The number of aromatic nitrogens is 1. The molecule has 1 aliphatic heterocycles. The van der Waals surface area contributed by atoms with Crippen molar-refractivity contribution in [1.82, 2.24) is 4.98 Å². The summed E-state index contributed by atoms with van der Waals surface area (Å²) < 4.78 is 71.1. The molecule has 0 aliphatic carbocycles. The molecule has 2 aromatic carbocycles.